The highest BCUT2D eigenvalue weighted by Gasteiger charge is 2.39. The number of ketones is 1. The second-order valence-electron chi connectivity index (χ2n) is 24.3. The second kappa shape index (κ2) is 41.3. The highest BCUT2D eigenvalue weighted by Crippen LogP contribution is 2.39. The van der Waals surface area contributed by atoms with Gasteiger partial charge in [0.05, 0.1) is 104 Å². The Labute approximate surface area is 688 Å². The van der Waals surface area contributed by atoms with Crippen LogP contribution < -0.4 is 57.6 Å². The number of rotatable bonds is 28. The summed E-state index contributed by atoms with van der Waals surface area (Å²) in [7, 11) is -6.10. The van der Waals surface area contributed by atoms with E-state index in [-0.39, 0.29) is 89.5 Å². The molecule has 0 aliphatic carbocycles. The van der Waals surface area contributed by atoms with Crippen molar-refractivity contribution in [3.63, 3.8) is 0 Å². The molecule has 9 rings (SSSR count). The Bertz CT molecular complexity index is 5190. The zero-order valence-electron chi connectivity index (χ0n) is 60.8. The fourth-order valence-electron chi connectivity index (χ4n) is 9.55. The lowest BCUT2D eigenvalue weighted by molar-refractivity contribution is -0.173. The molecule has 0 saturated carbocycles. The van der Waals surface area contributed by atoms with Gasteiger partial charge in [0.2, 0.25) is 23.0 Å². The molecule has 0 atom stereocenters. The molecule has 0 aliphatic heterocycles. The zero-order valence-corrected chi connectivity index (χ0v) is 71.0. The van der Waals surface area contributed by atoms with Gasteiger partial charge in [-0.2, -0.15) is 41.3 Å². The van der Waals surface area contributed by atoms with E-state index in [2.05, 4.69) is 104 Å². The lowest BCUT2D eigenvalue weighted by atomic mass is 10.1. The molecule has 3 aromatic heterocycles. The first-order valence-corrected chi connectivity index (χ1v) is 41.6. The number of halogens is 13. The molecule has 0 unspecified atom stereocenters. The first kappa shape index (κ1) is 92.8. The summed E-state index contributed by atoms with van der Waals surface area (Å²) < 4.78 is 167. The number of alkyl halides is 6. The van der Waals surface area contributed by atoms with Gasteiger partial charge in [0.25, 0.3) is 0 Å². The summed E-state index contributed by atoms with van der Waals surface area (Å²) in [5, 5.41) is 15.7. The van der Waals surface area contributed by atoms with Crippen LogP contribution in [0.4, 0.5) is 89.8 Å². The largest absolute Gasteiger partial charge is 0.495 e. The number of methoxy groups -OCH3 is 3. The molecule has 0 aliphatic rings. The van der Waals surface area contributed by atoms with Crippen LogP contribution in [0.3, 0.4) is 0 Å². The number of nitrogens with two attached hydrogens (primary N) is 2. The third-order valence-corrected chi connectivity index (χ3v) is 25.4. The van der Waals surface area contributed by atoms with Crippen molar-refractivity contribution in [2.45, 2.75) is 116 Å². The Hall–Kier alpha value is -8.11. The predicted molar refractivity (Wildman–Crippen MR) is 435 cm³/mol. The van der Waals surface area contributed by atoms with Crippen molar-refractivity contribution in [1.29, 1.82) is 0 Å². The molecule has 0 bridgehead atoms. The smallest absolute Gasteiger partial charge is 0.471 e. The molecule has 0 radical (unpaired) electrons. The molecule has 25 nitrogen and oxygen atoms in total. The summed E-state index contributed by atoms with van der Waals surface area (Å²) in [5.74, 6) is -1.31. The fraction of sp³-hybridized carbons (Fsp3) is 0.296. The molecule has 0 fully saturated rings. The van der Waals surface area contributed by atoms with Crippen molar-refractivity contribution >= 4 is 199 Å². The van der Waals surface area contributed by atoms with Gasteiger partial charge in [0, 0.05) is 26.4 Å². The third-order valence-electron chi connectivity index (χ3n) is 15.6. The minimum atomic E-state index is -4.97. The monoisotopic (exact) mass is 1890 g/mol. The molecule has 0 spiro atoms. The van der Waals surface area contributed by atoms with Gasteiger partial charge in [0.1, 0.15) is 32.3 Å². The number of benzene rings is 6. The quantitative estimate of drug-likeness (QED) is 0.0128. The number of hydrogen-bond donors (Lipinski definition) is 8. The topological polar surface area (TPSA) is 366 Å². The normalized spacial score (nSPS) is 11.6. The second-order valence-corrected chi connectivity index (χ2v) is 35.8. The van der Waals surface area contributed by atoms with Crippen molar-refractivity contribution in [1.82, 2.24) is 35.2 Å². The van der Waals surface area contributed by atoms with Crippen molar-refractivity contribution in [3.05, 3.63) is 178 Å². The number of amides is 1. The zero-order chi connectivity index (χ0) is 83.4. The van der Waals surface area contributed by atoms with Gasteiger partial charge in [-0.1, -0.05) is 119 Å². The number of hydrogen-bond acceptors (Lipinski definition) is 24. The highest BCUT2D eigenvalue weighted by atomic mass is 79.9. The number of Topliss-reactive ketones (excluding diaryl/α,β-unsaturated/α-hetero) is 1. The number of para-hydroxylation sites is 3. The number of aromatic nitrogens is 6. The van der Waals surface area contributed by atoms with Gasteiger partial charge in [0.15, 0.2) is 47.0 Å². The Kier molecular flexibility index (Phi) is 34.2. The SMILES string of the molecule is CC(C)S(=O)(=O)c1ccccc1Nc1nc(Cl)ncc1Cl.COc1cc(Br)c(CCCC(=O)C(F)(F)F)cc1N.COc1cc(Br)c(CCN)cc1Nc1ncc(Cl)c(Nc2ccccc2S(=O)(=O)C(C)C)n1.COc1cc(Br)c(CCNC(=O)C(F)(F)F)cc1Nc1ncc(Cl)c(Nc2ccccc2S(=O)(=O)C(C)C)n1. The Balaban J connectivity index is 0.000000242. The fourth-order valence-corrected chi connectivity index (χ4v) is 15.3. The van der Waals surface area contributed by atoms with E-state index in [1.807, 2.05) is 17.4 Å². The minimum absolute atomic E-state index is 0.0195. The maximum Gasteiger partial charge on any atom is 0.471 e. The lowest BCUT2D eigenvalue weighted by Crippen LogP contribution is -2.37. The Morgan fingerprint density at radius 1 is 0.482 bits per heavy atom. The first-order valence-electron chi connectivity index (χ1n) is 33.0. The number of sulfone groups is 3. The average molecular weight is 1890 g/mol. The van der Waals surface area contributed by atoms with E-state index in [4.69, 9.17) is 72.1 Å². The summed E-state index contributed by atoms with van der Waals surface area (Å²) in [6.07, 6.45) is -4.95. The number of carbonyl (C=O) groups excluding carboxylic acids is 2. The number of ether oxygens (including phenoxy) is 3. The van der Waals surface area contributed by atoms with Crippen LogP contribution in [0, 0.1) is 0 Å². The van der Waals surface area contributed by atoms with Crippen LogP contribution >= 0.6 is 94.2 Å². The van der Waals surface area contributed by atoms with Crippen molar-refractivity contribution in [3.8, 4) is 17.2 Å². The Morgan fingerprint density at radius 3 is 1.21 bits per heavy atom. The predicted octanol–water partition coefficient (Wildman–Crippen LogP) is 18.1. The third kappa shape index (κ3) is 25.7. The number of carbonyl (C=O) groups is 2. The Morgan fingerprint density at radius 2 is 0.839 bits per heavy atom. The molecule has 3 heterocycles. The van der Waals surface area contributed by atoms with E-state index < -0.39 is 75.7 Å². The van der Waals surface area contributed by atoms with Gasteiger partial charge in [-0.05, 0) is 175 Å². The molecule has 112 heavy (non-hydrogen) atoms. The summed E-state index contributed by atoms with van der Waals surface area (Å²) in [4.78, 5) is 47.2. The van der Waals surface area contributed by atoms with Crippen LogP contribution in [0.15, 0.2) is 156 Å². The number of nitrogen functional groups attached to an aromatic ring is 1. The average Bonchev–Trinajstić information content (AvgIpc) is 0.804. The summed E-state index contributed by atoms with van der Waals surface area (Å²) in [5.41, 5.74) is 16.2. The van der Waals surface area contributed by atoms with Crippen molar-refractivity contribution in [2.24, 2.45) is 5.73 Å². The van der Waals surface area contributed by atoms with Crippen molar-refractivity contribution < 1.29 is 75.4 Å². The molecular weight excluding hydrogens is 1820 g/mol. The van der Waals surface area contributed by atoms with Crippen LogP contribution in [0.5, 0.6) is 17.2 Å². The molecule has 604 valence electrons. The lowest BCUT2D eigenvalue weighted by Gasteiger charge is -2.16. The van der Waals surface area contributed by atoms with E-state index in [1.54, 1.807) is 134 Å². The molecule has 6 aromatic carbocycles. The molecule has 10 N–H and O–H groups in total. The highest BCUT2D eigenvalue weighted by molar-refractivity contribution is 9.11. The van der Waals surface area contributed by atoms with Crippen LogP contribution in [0.25, 0.3) is 0 Å². The molecule has 9 aromatic rings. The van der Waals surface area contributed by atoms with E-state index in [9.17, 15) is 61.2 Å². The standard InChI is InChI=1S/C24H24BrClF3N5O4S.C22H25BrClN5O3S.C13H13Cl2N3O2S.C12H13BrF3NO2/c1-13(2)39(36,37)20-7-5-4-6-17(20)32-21-16(26)12-31-23(34-21)33-18-10-14(15(25)11-19(18)38-3)8-9-30-22(35)24(27,28)29;1-13(2)33(30,31)20-7-5-4-6-17(20)27-21-16(24)12-26-22(29-21)28-18-10-14(8-9-25)15(23)11-19(18)32-3;1-8(2)21(19,20)11-6-4-3-5-10(11)17-12-9(14)7-16-13(15)18-12;1-19-10-6-8(13)7(5-9(10)17)3-2-4-11(18)12(14,15)16/h4-7,10-13H,8-9H2,1-3H3,(H,30,35)(H2,31,32,33,34);4-7,10-13H,8-9,25H2,1-3H3,(H2,26,27,28,29);3-8H,1-2H3,(H,16,17,18);5-6H,2-4,17H2,1H3. The van der Waals surface area contributed by atoms with Crippen LogP contribution in [-0.4, -0.2) is 129 Å². The van der Waals surface area contributed by atoms with Crippen molar-refractivity contribution in [2.75, 3.05) is 66.7 Å². The first-order chi connectivity index (χ1) is 52.5. The van der Waals surface area contributed by atoms with Crippen LogP contribution in [-0.2, 0) is 58.4 Å². The summed E-state index contributed by atoms with van der Waals surface area (Å²) in [6.45, 7) is 9.92. The van der Waals surface area contributed by atoms with E-state index in [1.165, 1.54) is 44.9 Å². The number of anilines is 11. The van der Waals surface area contributed by atoms with Gasteiger partial charge in [-0.15, -0.1) is 0 Å². The summed E-state index contributed by atoms with van der Waals surface area (Å²) in [6, 6.07) is 29.8. The van der Waals surface area contributed by atoms with E-state index >= 15 is 0 Å². The van der Waals surface area contributed by atoms with E-state index in [0.717, 1.165) is 15.6 Å². The van der Waals surface area contributed by atoms with Crippen LogP contribution in [0.2, 0.25) is 20.4 Å². The molecular formula is C71H75Br3Cl4F6N14O11S3. The van der Waals surface area contributed by atoms with Gasteiger partial charge < -0.3 is 57.6 Å². The summed E-state index contributed by atoms with van der Waals surface area (Å²) >= 11 is 34.5. The number of nitrogens with zero attached hydrogens (tertiary/aromatic N) is 6. The van der Waals surface area contributed by atoms with Gasteiger partial charge in [-0.25, -0.2) is 40.2 Å². The maximum atomic E-state index is 12.8. The number of nitrogens with one attached hydrogen (secondary N) is 6. The van der Waals surface area contributed by atoms with Crippen LogP contribution in [0.1, 0.15) is 71.1 Å². The molecule has 41 heteroatoms. The van der Waals surface area contributed by atoms with Gasteiger partial charge in [-0.3, -0.25) is 9.59 Å². The minimum Gasteiger partial charge on any atom is -0.495 e. The molecule has 1 amide bonds. The maximum absolute atomic E-state index is 12.8. The molecule has 0 saturated heterocycles. The number of aryl methyl sites for hydroxylation is 1. The van der Waals surface area contributed by atoms with Gasteiger partial charge >= 0.3 is 18.3 Å². The van der Waals surface area contributed by atoms with E-state index in [0.29, 0.717) is 79.6 Å².